The van der Waals surface area contributed by atoms with E-state index in [1.165, 1.54) is 12.1 Å². The Hall–Kier alpha value is -2.00. The van der Waals surface area contributed by atoms with Crippen LogP contribution in [0.5, 0.6) is 0 Å². The van der Waals surface area contributed by atoms with Gasteiger partial charge in [-0.1, -0.05) is 46.9 Å². The Morgan fingerprint density at radius 3 is 2.32 bits per heavy atom. The lowest BCUT2D eigenvalue weighted by Crippen LogP contribution is -2.61. The maximum absolute atomic E-state index is 14.5. The van der Waals surface area contributed by atoms with Crippen LogP contribution in [0.2, 0.25) is 15.1 Å². The topological polar surface area (TPSA) is 51.1 Å². The third kappa shape index (κ3) is 4.50. The van der Waals surface area contributed by atoms with Crippen molar-refractivity contribution >= 4 is 46.6 Å². The van der Waals surface area contributed by atoms with E-state index in [0.717, 1.165) is 11.1 Å². The van der Waals surface area contributed by atoms with Crippen molar-refractivity contribution in [2.75, 3.05) is 19.6 Å². The van der Waals surface area contributed by atoms with E-state index in [4.69, 9.17) is 44.3 Å². The Morgan fingerprint density at radius 2 is 1.73 bits per heavy atom. The lowest BCUT2D eigenvalue weighted by molar-refractivity contribution is -0.183. The number of likely N-dealkylation sites (tertiary alicyclic amines) is 1. The van der Waals surface area contributed by atoms with E-state index in [9.17, 15) is 18.0 Å². The van der Waals surface area contributed by atoms with Crippen molar-refractivity contribution in [1.29, 1.82) is 0 Å². The Morgan fingerprint density at radius 1 is 1.08 bits per heavy atom. The standard InChI is InChI=1S/C26H24Cl3F3N2O3/c1-23(2,3)37-22(35)34-12-25(13-34)17-5-4-14(6-15(17)10-36-25)20-9-24(11-33-20,26(30,31)32)16-7-18(27)21(29)19(28)8-16/h4-8H,9-13H2,1-3H3. The van der Waals surface area contributed by atoms with Crippen molar-refractivity contribution in [3.63, 3.8) is 0 Å². The number of ether oxygens (including phenoxy) is 2. The van der Waals surface area contributed by atoms with Crippen molar-refractivity contribution < 1.29 is 27.4 Å². The predicted octanol–water partition coefficient (Wildman–Crippen LogP) is 7.32. The van der Waals surface area contributed by atoms with Crippen LogP contribution >= 0.6 is 34.8 Å². The monoisotopic (exact) mass is 574 g/mol. The van der Waals surface area contributed by atoms with Gasteiger partial charge in [-0.3, -0.25) is 4.99 Å². The molecule has 0 radical (unpaired) electrons. The van der Waals surface area contributed by atoms with Crippen LogP contribution in [-0.4, -0.2) is 48.1 Å². The first-order valence-corrected chi connectivity index (χ1v) is 12.8. The highest BCUT2D eigenvalue weighted by molar-refractivity contribution is 6.48. The summed E-state index contributed by atoms with van der Waals surface area (Å²) < 4.78 is 54.9. The molecule has 198 valence electrons. The summed E-state index contributed by atoms with van der Waals surface area (Å²) in [6, 6.07) is 7.88. The van der Waals surface area contributed by atoms with Crippen LogP contribution in [0.25, 0.3) is 0 Å². The van der Waals surface area contributed by atoms with Gasteiger partial charge < -0.3 is 14.4 Å². The first kappa shape index (κ1) is 26.6. The van der Waals surface area contributed by atoms with Crippen LogP contribution < -0.4 is 0 Å². The fourth-order valence-electron chi connectivity index (χ4n) is 5.12. The first-order chi connectivity index (χ1) is 17.1. The van der Waals surface area contributed by atoms with Gasteiger partial charge in [0, 0.05) is 12.1 Å². The Bertz CT molecular complexity index is 1290. The molecule has 2 aromatic rings. The fourth-order valence-corrected chi connectivity index (χ4v) is 5.71. The zero-order valence-electron chi connectivity index (χ0n) is 20.3. The number of carbonyl (C=O) groups excluding carboxylic acids is 1. The fraction of sp³-hybridized carbons (Fsp3) is 0.462. The molecule has 0 aromatic heterocycles. The maximum Gasteiger partial charge on any atom is 0.410 e. The quantitative estimate of drug-likeness (QED) is 0.353. The van der Waals surface area contributed by atoms with Crippen LogP contribution in [0, 0.1) is 0 Å². The van der Waals surface area contributed by atoms with E-state index in [1.54, 1.807) is 31.7 Å². The van der Waals surface area contributed by atoms with Crippen LogP contribution in [0.3, 0.4) is 0 Å². The van der Waals surface area contributed by atoms with Gasteiger partial charge in [0.05, 0.1) is 41.3 Å². The zero-order chi connectivity index (χ0) is 27.0. The molecule has 1 unspecified atom stereocenters. The number of alkyl halides is 3. The number of aliphatic imine (C=N–C) groups is 1. The molecule has 0 aliphatic carbocycles. The molecule has 0 saturated carbocycles. The van der Waals surface area contributed by atoms with Gasteiger partial charge in [-0.15, -0.1) is 0 Å². The zero-order valence-corrected chi connectivity index (χ0v) is 22.6. The molecule has 3 aliphatic heterocycles. The molecule has 1 fully saturated rings. The molecular formula is C26H24Cl3F3N2O3. The molecule has 1 amide bonds. The van der Waals surface area contributed by atoms with Gasteiger partial charge in [0.1, 0.15) is 16.6 Å². The van der Waals surface area contributed by atoms with Crippen LogP contribution in [0.4, 0.5) is 18.0 Å². The minimum atomic E-state index is -4.60. The summed E-state index contributed by atoms with van der Waals surface area (Å²) in [5.41, 5.74) is -0.836. The minimum absolute atomic E-state index is 0.0114. The molecule has 1 spiro atoms. The van der Waals surface area contributed by atoms with E-state index >= 15 is 0 Å². The van der Waals surface area contributed by atoms with Gasteiger partial charge in [0.25, 0.3) is 0 Å². The summed E-state index contributed by atoms with van der Waals surface area (Å²) in [4.78, 5) is 18.3. The van der Waals surface area contributed by atoms with Crippen LogP contribution in [0.15, 0.2) is 35.3 Å². The SMILES string of the molecule is CC(C)(C)OC(=O)N1CC2(C1)OCc1cc(C3=NCC(c4cc(Cl)c(Cl)c(Cl)c4)(C(F)(F)F)C3)ccc12. The number of amides is 1. The van der Waals surface area contributed by atoms with Crippen molar-refractivity contribution in [1.82, 2.24) is 4.90 Å². The number of rotatable bonds is 2. The molecular weight excluding hydrogens is 552 g/mol. The highest BCUT2D eigenvalue weighted by atomic mass is 35.5. The smallest absolute Gasteiger partial charge is 0.410 e. The van der Waals surface area contributed by atoms with Crippen molar-refractivity contribution in [2.45, 2.75) is 56.6 Å². The third-order valence-corrected chi connectivity index (χ3v) is 8.26. The average molecular weight is 576 g/mol. The summed E-state index contributed by atoms with van der Waals surface area (Å²) in [6.45, 7) is 5.93. The molecule has 11 heteroatoms. The molecule has 5 rings (SSSR count). The van der Waals surface area contributed by atoms with Gasteiger partial charge in [-0.2, -0.15) is 13.2 Å². The van der Waals surface area contributed by atoms with Gasteiger partial charge in [-0.25, -0.2) is 4.79 Å². The van der Waals surface area contributed by atoms with Crippen molar-refractivity contribution in [3.8, 4) is 0 Å². The summed E-state index contributed by atoms with van der Waals surface area (Å²) in [5, 5.41) is -0.0680. The Kier molecular flexibility index (Phi) is 6.30. The maximum atomic E-state index is 14.5. The van der Waals surface area contributed by atoms with E-state index in [1.807, 2.05) is 12.1 Å². The lowest BCUT2D eigenvalue weighted by atomic mass is 9.76. The number of benzene rings is 2. The number of hydrogen-bond donors (Lipinski definition) is 0. The molecule has 2 aromatic carbocycles. The molecule has 1 saturated heterocycles. The summed E-state index contributed by atoms with van der Waals surface area (Å²) in [6.07, 6.45) is -5.36. The first-order valence-electron chi connectivity index (χ1n) is 11.6. The number of nitrogens with zero attached hydrogens (tertiary/aromatic N) is 2. The van der Waals surface area contributed by atoms with Crippen LogP contribution in [0.1, 0.15) is 49.4 Å². The lowest BCUT2D eigenvalue weighted by Gasteiger charge is -2.47. The number of fused-ring (bicyclic) bond motifs is 2. The summed E-state index contributed by atoms with van der Waals surface area (Å²) in [7, 11) is 0. The second-order valence-electron chi connectivity index (χ2n) is 10.8. The second-order valence-corrected chi connectivity index (χ2v) is 12.0. The van der Waals surface area contributed by atoms with Crippen molar-refractivity contribution in [2.24, 2.45) is 4.99 Å². The molecule has 5 nitrogen and oxygen atoms in total. The highest BCUT2D eigenvalue weighted by Crippen LogP contribution is 2.50. The number of halogens is 6. The second kappa shape index (κ2) is 8.76. The van der Waals surface area contributed by atoms with Crippen LogP contribution in [-0.2, 0) is 27.1 Å². The van der Waals surface area contributed by atoms with Crippen molar-refractivity contribution in [3.05, 3.63) is 67.7 Å². The molecule has 1 atom stereocenters. The minimum Gasteiger partial charge on any atom is -0.444 e. The van der Waals surface area contributed by atoms with Gasteiger partial charge in [0.2, 0.25) is 0 Å². The predicted molar refractivity (Wildman–Crippen MR) is 136 cm³/mol. The third-order valence-electron chi connectivity index (χ3n) is 7.07. The summed E-state index contributed by atoms with van der Waals surface area (Å²) in [5.74, 6) is 0. The van der Waals surface area contributed by atoms with E-state index in [0.29, 0.717) is 31.0 Å². The molecule has 3 heterocycles. The number of hydrogen-bond acceptors (Lipinski definition) is 4. The molecule has 37 heavy (non-hydrogen) atoms. The van der Waals surface area contributed by atoms with Gasteiger partial charge in [-0.05, 0) is 61.2 Å². The van der Waals surface area contributed by atoms with E-state index in [-0.39, 0.29) is 27.1 Å². The Labute approximate surface area is 227 Å². The van der Waals surface area contributed by atoms with Gasteiger partial charge in [0.15, 0.2) is 0 Å². The van der Waals surface area contributed by atoms with E-state index < -0.39 is 35.4 Å². The highest BCUT2D eigenvalue weighted by Gasteiger charge is 2.59. The Balaban J connectivity index is 1.37. The summed E-state index contributed by atoms with van der Waals surface area (Å²) >= 11 is 18.1. The van der Waals surface area contributed by atoms with E-state index in [2.05, 4.69) is 4.99 Å². The van der Waals surface area contributed by atoms with Gasteiger partial charge >= 0.3 is 12.3 Å². The molecule has 3 aliphatic rings. The average Bonchev–Trinajstić information content (AvgIpc) is 3.37. The largest absolute Gasteiger partial charge is 0.444 e. The molecule has 0 bridgehead atoms. The normalized spacial score (nSPS) is 22.6. The molecule has 0 N–H and O–H groups in total. The number of carbonyl (C=O) groups is 1.